The van der Waals surface area contributed by atoms with Crippen LogP contribution in [0.15, 0.2) is 48.5 Å². The second kappa shape index (κ2) is 7.87. The van der Waals surface area contributed by atoms with E-state index in [0.29, 0.717) is 17.9 Å². The van der Waals surface area contributed by atoms with Gasteiger partial charge in [-0.25, -0.2) is 4.98 Å². The summed E-state index contributed by atoms with van der Waals surface area (Å²) in [7, 11) is 0. The van der Waals surface area contributed by atoms with Gasteiger partial charge in [0.2, 0.25) is 0 Å². The number of nitrogens with two attached hydrogens (primary N) is 1. The third-order valence-electron chi connectivity index (χ3n) is 5.41. The van der Waals surface area contributed by atoms with Gasteiger partial charge in [-0.1, -0.05) is 48.0 Å². The zero-order chi connectivity index (χ0) is 19.5. The van der Waals surface area contributed by atoms with Crippen LogP contribution in [0.1, 0.15) is 29.5 Å². The van der Waals surface area contributed by atoms with Gasteiger partial charge < -0.3 is 16.0 Å². The third kappa shape index (κ3) is 3.64. The number of nitriles is 1. The normalized spacial score (nSPS) is 14.8. The molecule has 142 valence electrons. The smallest absolute Gasteiger partial charge is 0.147 e. The number of nitrogens with zero attached hydrogens (tertiary/aromatic N) is 3. The number of hydrogen-bond acceptors (Lipinski definition) is 5. The molecule has 5 heteroatoms. The zero-order valence-corrected chi connectivity index (χ0v) is 16.2. The van der Waals surface area contributed by atoms with Crippen molar-refractivity contribution in [2.75, 3.05) is 23.3 Å². The molecule has 0 spiro atoms. The summed E-state index contributed by atoms with van der Waals surface area (Å²) >= 11 is 0. The van der Waals surface area contributed by atoms with Crippen molar-refractivity contribution in [2.24, 2.45) is 5.73 Å². The molecule has 28 heavy (non-hydrogen) atoms. The van der Waals surface area contributed by atoms with Gasteiger partial charge in [0.15, 0.2) is 0 Å². The van der Waals surface area contributed by atoms with Crippen molar-refractivity contribution in [3.8, 4) is 6.07 Å². The Morgan fingerprint density at radius 1 is 1.14 bits per heavy atom. The highest BCUT2D eigenvalue weighted by atomic mass is 15.2. The molecule has 0 saturated carbocycles. The molecule has 0 radical (unpaired) electrons. The number of pyridine rings is 1. The number of piperidine rings is 1. The Kier molecular flexibility index (Phi) is 5.14. The van der Waals surface area contributed by atoms with Crippen LogP contribution in [0, 0.1) is 18.3 Å². The first-order chi connectivity index (χ1) is 13.7. The minimum atomic E-state index is 0.244. The van der Waals surface area contributed by atoms with E-state index < -0.39 is 0 Å². The number of nitrogens with one attached hydrogen (secondary N) is 1. The predicted octanol–water partition coefficient (Wildman–Crippen LogP) is 3.95. The fourth-order valence-corrected chi connectivity index (χ4v) is 3.77. The van der Waals surface area contributed by atoms with Crippen molar-refractivity contribution in [3.63, 3.8) is 0 Å². The van der Waals surface area contributed by atoms with E-state index in [4.69, 9.17) is 10.7 Å². The summed E-state index contributed by atoms with van der Waals surface area (Å²) < 4.78 is 0. The monoisotopic (exact) mass is 371 g/mol. The van der Waals surface area contributed by atoms with Crippen LogP contribution in [0.3, 0.4) is 0 Å². The van der Waals surface area contributed by atoms with Crippen molar-refractivity contribution in [1.29, 1.82) is 5.26 Å². The molecule has 2 heterocycles. The van der Waals surface area contributed by atoms with E-state index in [-0.39, 0.29) is 6.04 Å². The van der Waals surface area contributed by atoms with Gasteiger partial charge in [-0.2, -0.15) is 5.26 Å². The number of aryl methyl sites for hydroxylation is 1. The summed E-state index contributed by atoms with van der Waals surface area (Å²) in [5.41, 5.74) is 11.0. The number of rotatable bonds is 4. The Morgan fingerprint density at radius 3 is 2.57 bits per heavy atom. The number of anilines is 2. The Bertz CT molecular complexity index is 1010. The van der Waals surface area contributed by atoms with E-state index in [0.717, 1.165) is 48.1 Å². The first kappa shape index (κ1) is 18.3. The summed E-state index contributed by atoms with van der Waals surface area (Å²) in [6.07, 6.45) is 1.88. The molecule has 0 bridgehead atoms. The molecule has 1 aromatic heterocycles. The minimum Gasteiger partial charge on any atom is -0.370 e. The van der Waals surface area contributed by atoms with Gasteiger partial charge >= 0.3 is 0 Å². The van der Waals surface area contributed by atoms with Crippen molar-refractivity contribution < 1.29 is 0 Å². The summed E-state index contributed by atoms with van der Waals surface area (Å²) in [5.74, 6) is 0.645. The topological polar surface area (TPSA) is 78.0 Å². The maximum Gasteiger partial charge on any atom is 0.147 e. The average molecular weight is 371 g/mol. The van der Waals surface area contributed by atoms with E-state index in [9.17, 15) is 5.26 Å². The standard InChI is InChI=1S/C23H25N5/c1-16-6-8-17(9-7-16)15-26-23-20(14-24)22(28-12-10-18(25)11-13-28)19-4-2-3-5-21(19)27-23/h2-9,18H,10-13,15,25H2,1H3,(H,26,27). The highest BCUT2D eigenvalue weighted by Crippen LogP contribution is 2.35. The Morgan fingerprint density at radius 2 is 1.86 bits per heavy atom. The lowest BCUT2D eigenvalue weighted by atomic mass is 10.0. The van der Waals surface area contributed by atoms with Crippen LogP contribution < -0.4 is 16.0 Å². The van der Waals surface area contributed by atoms with Crippen LogP contribution in [0.4, 0.5) is 11.5 Å². The van der Waals surface area contributed by atoms with Crippen molar-refractivity contribution in [3.05, 3.63) is 65.2 Å². The highest BCUT2D eigenvalue weighted by molar-refractivity contribution is 5.97. The SMILES string of the molecule is Cc1ccc(CNc2nc3ccccc3c(N3CCC(N)CC3)c2C#N)cc1. The molecule has 0 aliphatic carbocycles. The maximum atomic E-state index is 9.99. The number of hydrogen-bond donors (Lipinski definition) is 2. The lowest BCUT2D eigenvalue weighted by Gasteiger charge is -2.33. The first-order valence-corrected chi connectivity index (χ1v) is 9.78. The van der Waals surface area contributed by atoms with Gasteiger partial charge in [0, 0.05) is 31.1 Å². The number of para-hydroxylation sites is 1. The van der Waals surface area contributed by atoms with Crippen LogP contribution in [0.5, 0.6) is 0 Å². The summed E-state index contributed by atoms with van der Waals surface area (Å²) in [5, 5.41) is 14.4. The average Bonchev–Trinajstić information content (AvgIpc) is 2.73. The van der Waals surface area contributed by atoms with Gasteiger partial charge in [0.05, 0.1) is 11.2 Å². The molecule has 0 unspecified atom stereocenters. The first-order valence-electron chi connectivity index (χ1n) is 9.78. The van der Waals surface area contributed by atoms with Crippen molar-refractivity contribution in [2.45, 2.75) is 32.4 Å². The van der Waals surface area contributed by atoms with Crippen molar-refractivity contribution in [1.82, 2.24) is 4.98 Å². The maximum absolute atomic E-state index is 9.99. The molecule has 1 fully saturated rings. The molecule has 3 aromatic rings. The van der Waals surface area contributed by atoms with Crippen molar-refractivity contribution >= 4 is 22.4 Å². The molecule has 5 nitrogen and oxygen atoms in total. The van der Waals surface area contributed by atoms with E-state index in [1.54, 1.807) is 0 Å². The lowest BCUT2D eigenvalue weighted by molar-refractivity contribution is 0.502. The Labute approximate surface area is 165 Å². The van der Waals surface area contributed by atoms with Gasteiger partial charge in [-0.3, -0.25) is 0 Å². The Hall–Kier alpha value is -3.10. The quantitative estimate of drug-likeness (QED) is 0.726. The molecule has 1 aliphatic heterocycles. The second-order valence-corrected chi connectivity index (χ2v) is 7.48. The fourth-order valence-electron chi connectivity index (χ4n) is 3.77. The summed E-state index contributed by atoms with van der Waals surface area (Å²) in [6, 6.07) is 19.1. The molecular weight excluding hydrogens is 346 g/mol. The summed E-state index contributed by atoms with van der Waals surface area (Å²) in [6.45, 7) is 4.43. The van der Waals surface area contributed by atoms with Gasteiger partial charge in [-0.15, -0.1) is 0 Å². The highest BCUT2D eigenvalue weighted by Gasteiger charge is 2.23. The van der Waals surface area contributed by atoms with Gasteiger partial charge in [-0.05, 0) is 31.4 Å². The zero-order valence-electron chi connectivity index (χ0n) is 16.2. The molecule has 2 aromatic carbocycles. The molecule has 3 N–H and O–H groups in total. The number of fused-ring (bicyclic) bond motifs is 1. The van der Waals surface area contributed by atoms with Crippen LogP contribution in [0.25, 0.3) is 10.9 Å². The van der Waals surface area contributed by atoms with E-state index >= 15 is 0 Å². The fraction of sp³-hybridized carbons (Fsp3) is 0.304. The van der Waals surface area contributed by atoms with Crippen LogP contribution in [-0.2, 0) is 6.54 Å². The van der Waals surface area contributed by atoms with Crippen LogP contribution in [-0.4, -0.2) is 24.1 Å². The van der Waals surface area contributed by atoms with Crippen LogP contribution >= 0.6 is 0 Å². The Balaban J connectivity index is 1.74. The predicted molar refractivity (Wildman–Crippen MR) is 114 cm³/mol. The molecule has 1 aliphatic rings. The molecule has 4 rings (SSSR count). The van der Waals surface area contributed by atoms with Crippen LogP contribution in [0.2, 0.25) is 0 Å². The molecular formula is C23H25N5. The molecule has 0 atom stereocenters. The second-order valence-electron chi connectivity index (χ2n) is 7.48. The third-order valence-corrected chi connectivity index (χ3v) is 5.41. The van der Waals surface area contributed by atoms with E-state index in [1.807, 2.05) is 18.2 Å². The molecule has 0 amide bonds. The van der Waals surface area contributed by atoms with E-state index in [2.05, 4.69) is 53.5 Å². The number of aromatic nitrogens is 1. The largest absolute Gasteiger partial charge is 0.370 e. The van der Waals surface area contributed by atoms with Gasteiger partial charge in [0.1, 0.15) is 17.5 Å². The molecule has 1 saturated heterocycles. The number of benzene rings is 2. The minimum absolute atomic E-state index is 0.244. The van der Waals surface area contributed by atoms with Gasteiger partial charge in [0.25, 0.3) is 0 Å². The summed E-state index contributed by atoms with van der Waals surface area (Å²) in [4.78, 5) is 7.06. The van der Waals surface area contributed by atoms with E-state index in [1.165, 1.54) is 5.56 Å². The lowest BCUT2D eigenvalue weighted by Crippen LogP contribution is -2.40.